The fourth-order valence-electron chi connectivity index (χ4n) is 11.3. The van der Waals surface area contributed by atoms with Crippen LogP contribution in [0.5, 0.6) is 0 Å². The van der Waals surface area contributed by atoms with Gasteiger partial charge in [0.15, 0.2) is 0 Å². The zero-order valence-corrected chi connectivity index (χ0v) is 21.6. The average Bonchev–Trinajstić information content (AvgIpc) is 3.39. The first-order valence-corrected chi connectivity index (χ1v) is 13.7. The number of hydrogen-bond donors (Lipinski definition) is 4. The summed E-state index contributed by atoms with van der Waals surface area (Å²) in [6.45, 7) is 10.6. The molecular weight excluding hydrogens is 428 g/mol. The van der Waals surface area contributed by atoms with E-state index in [4.69, 9.17) is 0 Å². The van der Waals surface area contributed by atoms with Crippen molar-refractivity contribution in [3.05, 3.63) is 11.6 Å². The molecule has 0 heterocycles. The summed E-state index contributed by atoms with van der Waals surface area (Å²) >= 11 is 0. The number of fused-ring (bicyclic) bond motifs is 4. The molecule has 5 heteroatoms. The van der Waals surface area contributed by atoms with E-state index in [0.717, 1.165) is 38.5 Å². The van der Waals surface area contributed by atoms with Crippen molar-refractivity contribution in [3.63, 3.8) is 0 Å². The Kier molecular flexibility index (Phi) is 4.62. The Morgan fingerprint density at radius 3 is 2.44 bits per heavy atom. The highest BCUT2D eigenvalue weighted by Crippen LogP contribution is 2.86. The lowest BCUT2D eigenvalue weighted by atomic mass is 9.41. The van der Waals surface area contributed by atoms with Crippen LogP contribution >= 0.6 is 0 Å². The number of carbonyl (C=O) groups is 1. The lowest BCUT2D eigenvalue weighted by Crippen LogP contribution is -2.62. The van der Waals surface area contributed by atoms with Crippen LogP contribution in [0.3, 0.4) is 0 Å². The van der Waals surface area contributed by atoms with Gasteiger partial charge in [0.05, 0.1) is 23.7 Å². The number of carboxylic acids is 1. The molecule has 5 fully saturated rings. The molecular formula is C29H44O5. The summed E-state index contributed by atoms with van der Waals surface area (Å²) < 4.78 is 0. The highest BCUT2D eigenvalue weighted by atomic mass is 16.4. The predicted molar refractivity (Wildman–Crippen MR) is 129 cm³/mol. The largest absolute Gasteiger partial charge is 0.481 e. The molecule has 4 N–H and O–H groups in total. The van der Waals surface area contributed by atoms with Gasteiger partial charge in [-0.15, -0.1) is 0 Å². The number of rotatable bonds is 1. The number of aliphatic carboxylic acids is 1. The molecule has 0 aromatic rings. The van der Waals surface area contributed by atoms with Crippen molar-refractivity contribution < 1.29 is 25.2 Å². The second kappa shape index (κ2) is 6.69. The van der Waals surface area contributed by atoms with E-state index in [9.17, 15) is 25.2 Å². The third kappa shape index (κ3) is 2.60. The Balaban J connectivity index is 1.43. The van der Waals surface area contributed by atoms with E-state index in [-0.39, 0.29) is 45.3 Å². The van der Waals surface area contributed by atoms with E-state index in [1.54, 1.807) is 0 Å². The van der Waals surface area contributed by atoms with Crippen molar-refractivity contribution >= 4 is 5.97 Å². The minimum absolute atomic E-state index is 0.0457. The van der Waals surface area contributed by atoms with Gasteiger partial charge in [-0.05, 0) is 110 Å². The fraction of sp³-hybridized carbons (Fsp3) is 0.897. The van der Waals surface area contributed by atoms with Crippen LogP contribution in [0.4, 0.5) is 0 Å². The SMILES string of the molecule is C[C@H]1C[C@@H]2[C@@H](C(=O)O)C[C@]34C[C@]35CC[C@@H]3C(C)(C)[C@H](O)[C@@H](O)C[C@]3(C)[C@H]5CC=C4[C@H]2C[C@@]1(C)O. The summed E-state index contributed by atoms with van der Waals surface area (Å²) in [5.74, 6) is 0.181. The zero-order valence-electron chi connectivity index (χ0n) is 21.6. The van der Waals surface area contributed by atoms with Crippen LogP contribution in [-0.4, -0.2) is 44.2 Å². The van der Waals surface area contributed by atoms with Gasteiger partial charge in [-0.25, -0.2) is 0 Å². The number of aliphatic hydroxyl groups excluding tert-OH is 2. The smallest absolute Gasteiger partial charge is 0.306 e. The summed E-state index contributed by atoms with van der Waals surface area (Å²) in [5.41, 5.74) is 0.410. The molecule has 5 saturated carbocycles. The molecule has 34 heavy (non-hydrogen) atoms. The monoisotopic (exact) mass is 472 g/mol. The van der Waals surface area contributed by atoms with E-state index in [1.165, 1.54) is 5.57 Å². The molecule has 190 valence electrons. The molecule has 0 amide bonds. The second-order valence-corrected chi connectivity index (χ2v) is 14.6. The maximum atomic E-state index is 12.6. The lowest BCUT2D eigenvalue weighted by Gasteiger charge is -2.64. The highest BCUT2D eigenvalue weighted by Gasteiger charge is 2.80. The van der Waals surface area contributed by atoms with Crippen molar-refractivity contribution in [2.24, 2.45) is 57.2 Å². The van der Waals surface area contributed by atoms with Crippen molar-refractivity contribution in [1.82, 2.24) is 0 Å². The lowest BCUT2D eigenvalue weighted by molar-refractivity contribution is -0.206. The molecule has 2 spiro atoms. The molecule has 6 aliphatic carbocycles. The van der Waals surface area contributed by atoms with Crippen LogP contribution in [0.1, 0.15) is 86.0 Å². The van der Waals surface area contributed by atoms with Crippen LogP contribution in [0.15, 0.2) is 11.6 Å². The van der Waals surface area contributed by atoms with E-state index >= 15 is 0 Å². The van der Waals surface area contributed by atoms with Gasteiger partial charge in [-0.3, -0.25) is 4.79 Å². The summed E-state index contributed by atoms with van der Waals surface area (Å²) in [6.07, 6.45) is 8.11. The topological polar surface area (TPSA) is 98.0 Å². The molecule has 5 nitrogen and oxygen atoms in total. The number of allylic oxidation sites excluding steroid dienone is 2. The van der Waals surface area contributed by atoms with E-state index < -0.39 is 23.8 Å². The second-order valence-electron chi connectivity index (χ2n) is 14.6. The van der Waals surface area contributed by atoms with Gasteiger partial charge in [0.1, 0.15) is 0 Å². The summed E-state index contributed by atoms with van der Waals surface area (Å²) in [5, 5.41) is 43.3. The standard InChI is InChI=1S/C29H44O5/c1-15-10-16-17(11-27(15,5)34)19-6-7-22-26(4)13-20(30)23(31)25(2,3)21(26)8-9-28(22)14-29(19,28)12-18(16)24(32)33/h6,15-18,20-23,30-31,34H,7-14H2,1-5H3,(H,32,33)/t15-,16-,17-,18-,20-,21+,22+,23+,26-,27+,28-,29+/m0/s1. The third-order valence-corrected chi connectivity index (χ3v) is 13.0. The van der Waals surface area contributed by atoms with Crippen molar-refractivity contribution in [3.8, 4) is 0 Å². The third-order valence-electron chi connectivity index (χ3n) is 13.0. The van der Waals surface area contributed by atoms with Gasteiger partial charge in [0.25, 0.3) is 0 Å². The van der Waals surface area contributed by atoms with Gasteiger partial charge in [-0.2, -0.15) is 0 Å². The molecule has 6 rings (SSSR count). The summed E-state index contributed by atoms with van der Waals surface area (Å²) in [7, 11) is 0. The molecule has 0 radical (unpaired) electrons. The Bertz CT molecular complexity index is 952. The molecule has 12 atom stereocenters. The van der Waals surface area contributed by atoms with E-state index in [2.05, 4.69) is 33.8 Å². The van der Waals surface area contributed by atoms with Crippen molar-refractivity contribution in [2.75, 3.05) is 0 Å². The average molecular weight is 473 g/mol. The minimum Gasteiger partial charge on any atom is -0.481 e. The molecule has 0 saturated heterocycles. The zero-order chi connectivity index (χ0) is 24.6. The maximum absolute atomic E-state index is 12.6. The molecule has 0 aromatic carbocycles. The van der Waals surface area contributed by atoms with Gasteiger partial charge in [0, 0.05) is 0 Å². The quantitative estimate of drug-likeness (QED) is 0.424. The maximum Gasteiger partial charge on any atom is 0.306 e. The van der Waals surface area contributed by atoms with Crippen LogP contribution in [0, 0.1) is 57.2 Å². The Labute approximate surface area is 204 Å². The number of hydrogen-bond acceptors (Lipinski definition) is 4. The minimum atomic E-state index is -0.750. The van der Waals surface area contributed by atoms with Crippen LogP contribution in [-0.2, 0) is 4.79 Å². The van der Waals surface area contributed by atoms with Gasteiger partial charge >= 0.3 is 5.97 Å². The summed E-state index contributed by atoms with van der Waals surface area (Å²) in [4.78, 5) is 12.6. The first kappa shape index (κ1) is 23.5. The number of carboxylic acid groups (broad SMARTS) is 1. The van der Waals surface area contributed by atoms with Crippen LogP contribution < -0.4 is 0 Å². The highest BCUT2D eigenvalue weighted by molar-refractivity contribution is 5.72. The predicted octanol–water partition coefficient (Wildman–Crippen LogP) is 4.40. The summed E-state index contributed by atoms with van der Waals surface area (Å²) in [6, 6.07) is 0. The van der Waals surface area contributed by atoms with Gasteiger partial charge in [0.2, 0.25) is 0 Å². The molecule has 6 aliphatic rings. The van der Waals surface area contributed by atoms with Gasteiger partial charge < -0.3 is 20.4 Å². The molecule has 0 unspecified atom stereocenters. The molecule has 0 aromatic heterocycles. The number of aliphatic hydroxyl groups is 3. The van der Waals surface area contributed by atoms with E-state index in [1.807, 2.05) is 6.92 Å². The molecule has 0 bridgehead atoms. The Morgan fingerprint density at radius 1 is 1.06 bits per heavy atom. The first-order chi connectivity index (χ1) is 15.7. The van der Waals surface area contributed by atoms with Crippen molar-refractivity contribution in [2.45, 2.75) is 104 Å². The van der Waals surface area contributed by atoms with Crippen molar-refractivity contribution in [1.29, 1.82) is 0 Å². The normalized spacial score (nSPS) is 59.4. The first-order valence-electron chi connectivity index (χ1n) is 13.7. The van der Waals surface area contributed by atoms with Crippen LogP contribution in [0.2, 0.25) is 0 Å². The fourth-order valence-corrected chi connectivity index (χ4v) is 11.3. The van der Waals surface area contributed by atoms with E-state index in [0.29, 0.717) is 24.7 Å². The molecule has 0 aliphatic heterocycles. The Hall–Kier alpha value is -0.910. The van der Waals surface area contributed by atoms with Gasteiger partial charge in [-0.1, -0.05) is 39.3 Å². The Morgan fingerprint density at radius 2 is 1.76 bits per heavy atom. The van der Waals surface area contributed by atoms with Crippen LogP contribution in [0.25, 0.3) is 0 Å².